The van der Waals surface area contributed by atoms with Crippen LogP contribution in [-0.2, 0) is 9.78 Å². The quantitative estimate of drug-likeness (QED) is 0.239. The van der Waals surface area contributed by atoms with Crippen LogP contribution in [0.15, 0.2) is 0 Å². The fourth-order valence-electron chi connectivity index (χ4n) is 0.789. The molecule has 0 saturated heterocycles. The van der Waals surface area contributed by atoms with Crippen LogP contribution in [0.5, 0.6) is 0 Å². The first-order valence-corrected chi connectivity index (χ1v) is 3.71. The fourth-order valence-corrected chi connectivity index (χ4v) is 0.789. The Labute approximate surface area is 70.2 Å². The summed E-state index contributed by atoms with van der Waals surface area (Å²) in [6.45, 7) is 0.534. The summed E-state index contributed by atoms with van der Waals surface area (Å²) in [6, 6.07) is -0.874. The summed E-state index contributed by atoms with van der Waals surface area (Å²) in [6.07, 6.45) is 1.83. The Hall–Kier alpha value is -0.690. The Kier molecular flexibility index (Phi) is 6.58. The molecule has 0 aliphatic rings. The van der Waals surface area contributed by atoms with Gasteiger partial charge in [-0.15, -0.1) is 4.99 Å². The molecule has 72 valence electrons. The third kappa shape index (κ3) is 5.03. The van der Waals surface area contributed by atoms with E-state index in [0.717, 1.165) is 6.42 Å². The molecule has 0 aliphatic heterocycles. The van der Waals surface area contributed by atoms with E-state index in [-0.39, 0.29) is 0 Å². The molecule has 1 atom stereocenters. The van der Waals surface area contributed by atoms with Crippen molar-refractivity contribution in [2.45, 2.75) is 25.3 Å². The summed E-state index contributed by atoms with van der Waals surface area (Å²) in [7, 11) is 0. The van der Waals surface area contributed by atoms with Crippen molar-refractivity contribution in [1.29, 1.82) is 0 Å². The average Bonchev–Trinajstić information content (AvgIpc) is 2.03. The Morgan fingerprint density at radius 2 is 2.25 bits per heavy atom. The first kappa shape index (κ1) is 11.3. The first-order chi connectivity index (χ1) is 5.72. The molecular formula is C6H14N2O4. The van der Waals surface area contributed by atoms with E-state index in [1.807, 2.05) is 5.48 Å². The van der Waals surface area contributed by atoms with Crippen LogP contribution in [0.3, 0.4) is 0 Å². The highest BCUT2D eigenvalue weighted by Crippen LogP contribution is 1.99. The SMILES string of the molecule is NCCCC[C@H](NOO)C(=O)O. The zero-order valence-corrected chi connectivity index (χ0v) is 6.69. The van der Waals surface area contributed by atoms with Crippen molar-refractivity contribution in [1.82, 2.24) is 5.48 Å². The predicted molar refractivity (Wildman–Crippen MR) is 41.2 cm³/mol. The molecular weight excluding hydrogens is 164 g/mol. The number of hydrogen-bond donors (Lipinski definition) is 4. The van der Waals surface area contributed by atoms with E-state index in [1.165, 1.54) is 0 Å². The van der Waals surface area contributed by atoms with E-state index in [0.29, 0.717) is 19.4 Å². The number of nitrogens with one attached hydrogen (secondary N) is 1. The molecule has 0 aromatic carbocycles. The average molecular weight is 178 g/mol. The van der Waals surface area contributed by atoms with Crippen LogP contribution in [0.25, 0.3) is 0 Å². The number of rotatable bonds is 7. The summed E-state index contributed by atoms with van der Waals surface area (Å²) >= 11 is 0. The molecule has 5 N–H and O–H groups in total. The standard InChI is InChI=1S/C6H14N2O4/c7-4-2-1-3-5(6(9)10)8-12-11/h5,8,11H,1-4,7H2,(H,9,10)/t5-/m0/s1. The molecule has 0 radical (unpaired) electrons. The van der Waals surface area contributed by atoms with Gasteiger partial charge in [0.05, 0.1) is 0 Å². The highest BCUT2D eigenvalue weighted by molar-refractivity contribution is 5.73. The molecule has 0 rings (SSSR count). The van der Waals surface area contributed by atoms with E-state index >= 15 is 0 Å². The summed E-state index contributed by atoms with van der Waals surface area (Å²) in [4.78, 5) is 13.9. The van der Waals surface area contributed by atoms with Crippen molar-refractivity contribution >= 4 is 5.97 Å². The highest BCUT2D eigenvalue weighted by Gasteiger charge is 2.16. The minimum absolute atomic E-state index is 0.382. The van der Waals surface area contributed by atoms with Gasteiger partial charge in [0.2, 0.25) is 0 Å². The Bertz CT molecular complexity index is 131. The highest BCUT2D eigenvalue weighted by atomic mass is 17.2. The number of carboxylic acids is 1. The number of unbranched alkanes of at least 4 members (excludes halogenated alkanes) is 1. The number of nitrogens with two attached hydrogens (primary N) is 1. The molecule has 6 heteroatoms. The summed E-state index contributed by atoms with van der Waals surface area (Å²) < 4.78 is 0. The van der Waals surface area contributed by atoms with Crippen molar-refractivity contribution in [3.05, 3.63) is 0 Å². The Morgan fingerprint density at radius 1 is 1.58 bits per heavy atom. The molecule has 0 bridgehead atoms. The molecule has 0 saturated carbocycles. The maximum Gasteiger partial charge on any atom is 0.323 e. The van der Waals surface area contributed by atoms with E-state index in [2.05, 4.69) is 4.99 Å². The smallest absolute Gasteiger partial charge is 0.323 e. The lowest BCUT2D eigenvalue weighted by atomic mass is 10.1. The van der Waals surface area contributed by atoms with Crippen LogP contribution < -0.4 is 11.2 Å². The third-order valence-corrected chi connectivity index (χ3v) is 1.44. The van der Waals surface area contributed by atoms with E-state index in [9.17, 15) is 4.79 Å². The van der Waals surface area contributed by atoms with Crippen LogP contribution in [0.1, 0.15) is 19.3 Å². The molecule has 0 aliphatic carbocycles. The third-order valence-electron chi connectivity index (χ3n) is 1.44. The van der Waals surface area contributed by atoms with Gasteiger partial charge in [0.25, 0.3) is 0 Å². The van der Waals surface area contributed by atoms with Crippen LogP contribution in [0.2, 0.25) is 0 Å². The van der Waals surface area contributed by atoms with Gasteiger partial charge in [-0.05, 0) is 25.8 Å². The maximum atomic E-state index is 10.4. The Balaban J connectivity index is 3.56. The van der Waals surface area contributed by atoms with Gasteiger partial charge in [-0.2, -0.15) is 5.48 Å². The number of carboxylic acid groups (broad SMARTS) is 1. The van der Waals surface area contributed by atoms with Crippen molar-refractivity contribution in [2.75, 3.05) is 6.54 Å². The molecule has 0 amide bonds. The van der Waals surface area contributed by atoms with Crippen molar-refractivity contribution in [3.8, 4) is 0 Å². The van der Waals surface area contributed by atoms with E-state index in [1.54, 1.807) is 0 Å². The topological polar surface area (TPSA) is 105 Å². The van der Waals surface area contributed by atoms with Gasteiger partial charge >= 0.3 is 5.97 Å². The molecule has 12 heavy (non-hydrogen) atoms. The number of hydroxylamine groups is 1. The summed E-state index contributed by atoms with van der Waals surface area (Å²) in [5.41, 5.74) is 7.17. The van der Waals surface area contributed by atoms with Crippen LogP contribution in [0.4, 0.5) is 0 Å². The lowest BCUT2D eigenvalue weighted by Gasteiger charge is -2.09. The molecule has 0 aromatic heterocycles. The van der Waals surface area contributed by atoms with Gasteiger partial charge in [-0.3, -0.25) is 4.79 Å². The van der Waals surface area contributed by atoms with Crippen LogP contribution >= 0.6 is 0 Å². The second kappa shape index (κ2) is 6.99. The predicted octanol–water partition coefficient (Wildman–Crippen LogP) is -0.437. The van der Waals surface area contributed by atoms with E-state index in [4.69, 9.17) is 16.1 Å². The molecule has 0 unspecified atom stereocenters. The summed E-state index contributed by atoms with van der Waals surface area (Å²) in [5.74, 6) is -1.05. The van der Waals surface area contributed by atoms with E-state index < -0.39 is 12.0 Å². The minimum Gasteiger partial charge on any atom is -0.480 e. The van der Waals surface area contributed by atoms with Gasteiger partial charge in [0.15, 0.2) is 0 Å². The lowest BCUT2D eigenvalue weighted by molar-refractivity contribution is -0.299. The van der Waals surface area contributed by atoms with Crippen LogP contribution in [0, 0.1) is 0 Å². The van der Waals surface area contributed by atoms with Crippen molar-refractivity contribution in [2.24, 2.45) is 5.73 Å². The zero-order chi connectivity index (χ0) is 9.40. The summed E-state index contributed by atoms with van der Waals surface area (Å²) in [5, 5.41) is 16.5. The second-order valence-electron chi connectivity index (χ2n) is 2.38. The fraction of sp³-hybridized carbons (Fsp3) is 0.833. The van der Waals surface area contributed by atoms with Gasteiger partial charge in [-0.1, -0.05) is 0 Å². The molecule has 0 aromatic rings. The normalized spacial score (nSPS) is 12.8. The van der Waals surface area contributed by atoms with Crippen molar-refractivity contribution < 1.29 is 20.1 Å². The van der Waals surface area contributed by atoms with Crippen LogP contribution in [-0.4, -0.2) is 28.9 Å². The minimum atomic E-state index is -1.05. The molecule has 0 spiro atoms. The monoisotopic (exact) mass is 178 g/mol. The van der Waals surface area contributed by atoms with Gasteiger partial charge in [-0.25, -0.2) is 5.26 Å². The van der Waals surface area contributed by atoms with Gasteiger partial charge < -0.3 is 10.8 Å². The zero-order valence-electron chi connectivity index (χ0n) is 6.69. The number of carbonyl (C=O) groups is 1. The maximum absolute atomic E-state index is 10.4. The van der Waals surface area contributed by atoms with Crippen molar-refractivity contribution in [3.63, 3.8) is 0 Å². The molecule has 6 nitrogen and oxygen atoms in total. The number of aliphatic carboxylic acids is 1. The van der Waals surface area contributed by atoms with Gasteiger partial charge in [0.1, 0.15) is 6.04 Å². The number of hydrogen-bond acceptors (Lipinski definition) is 5. The first-order valence-electron chi connectivity index (χ1n) is 3.71. The molecule has 0 heterocycles. The Morgan fingerprint density at radius 3 is 2.67 bits per heavy atom. The largest absolute Gasteiger partial charge is 0.480 e. The second-order valence-corrected chi connectivity index (χ2v) is 2.38. The molecule has 0 fully saturated rings. The lowest BCUT2D eigenvalue weighted by Crippen LogP contribution is -2.35. The van der Waals surface area contributed by atoms with Gasteiger partial charge in [0, 0.05) is 0 Å².